The molecule has 1 aliphatic rings. The highest BCUT2D eigenvalue weighted by Gasteiger charge is 2.30. The zero-order valence-electron chi connectivity index (χ0n) is 14.6. The Morgan fingerprint density at radius 3 is 2.89 bits per heavy atom. The summed E-state index contributed by atoms with van der Waals surface area (Å²) in [5, 5.41) is 12.5. The normalized spacial score (nSPS) is 13.8. The molecule has 5 rings (SSSR count). The van der Waals surface area contributed by atoms with Crippen molar-refractivity contribution < 1.29 is 4.79 Å². The maximum atomic E-state index is 12.1. The maximum Gasteiger partial charge on any atom is 0.228 e. The van der Waals surface area contributed by atoms with Crippen LogP contribution in [-0.4, -0.2) is 30.9 Å². The van der Waals surface area contributed by atoms with Gasteiger partial charge in [0.2, 0.25) is 5.91 Å². The Hall–Kier alpha value is -3.48. The quantitative estimate of drug-likeness (QED) is 0.573. The predicted molar refractivity (Wildman–Crippen MR) is 102 cm³/mol. The van der Waals surface area contributed by atoms with Gasteiger partial charge < -0.3 is 10.3 Å². The Bertz CT molecular complexity index is 1110. The average Bonchev–Trinajstić information content (AvgIpc) is 3.26. The number of carbonyl (C=O) groups excluding carboxylic acids is 1. The van der Waals surface area contributed by atoms with Gasteiger partial charge in [-0.3, -0.25) is 4.79 Å². The number of H-pyrrole nitrogens is 1. The molecule has 1 amide bonds. The van der Waals surface area contributed by atoms with Gasteiger partial charge in [-0.15, -0.1) is 5.10 Å². The van der Waals surface area contributed by atoms with Gasteiger partial charge in [0.1, 0.15) is 17.2 Å². The van der Waals surface area contributed by atoms with Gasteiger partial charge in [0, 0.05) is 23.1 Å². The third-order valence-corrected chi connectivity index (χ3v) is 4.73. The van der Waals surface area contributed by atoms with E-state index in [1.807, 2.05) is 47.4 Å². The van der Waals surface area contributed by atoms with E-state index < -0.39 is 0 Å². The molecule has 2 N–H and O–H groups in total. The van der Waals surface area contributed by atoms with Gasteiger partial charge in [0.05, 0.1) is 12.7 Å². The molecule has 134 valence electrons. The minimum Gasteiger partial charge on any atom is -0.346 e. The van der Waals surface area contributed by atoms with E-state index >= 15 is 0 Å². The van der Waals surface area contributed by atoms with Gasteiger partial charge in [0.15, 0.2) is 0 Å². The first-order valence-electron chi connectivity index (χ1n) is 9.00. The molecule has 0 saturated heterocycles. The van der Waals surface area contributed by atoms with Crippen molar-refractivity contribution >= 4 is 22.8 Å². The molecule has 7 heteroatoms. The monoisotopic (exact) mass is 358 g/mol. The van der Waals surface area contributed by atoms with E-state index in [0.717, 1.165) is 40.7 Å². The minimum absolute atomic E-state index is 0.0343. The Morgan fingerprint density at radius 1 is 1.22 bits per heavy atom. The van der Waals surface area contributed by atoms with E-state index in [0.29, 0.717) is 12.4 Å². The molecule has 3 aromatic heterocycles. The number of rotatable bonds is 5. The van der Waals surface area contributed by atoms with Crippen LogP contribution in [0.3, 0.4) is 0 Å². The molecule has 0 radical (unpaired) electrons. The van der Waals surface area contributed by atoms with Gasteiger partial charge in [-0.2, -0.15) is 0 Å². The van der Waals surface area contributed by atoms with Crippen molar-refractivity contribution in [2.45, 2.75) is 19.4 Å². The number of nitrogens with one attached hydrogen (secondary N) is 2. The summed E-state index contributed by atoms with van der Waals surface area (Å²) in [7, 11) is 0. The molecule has 3 heterocycles. The molecular formula is C20H18N6O. The van der Waals surface area contributed by atoms with E-state index in [2.05, 4.69) is 37.7 Å². The Labute approximate surface area is 155 Å². The fourth-order valence-corrected chi connectivity index (χ4v) is 3.16. The summed E-state index contributed by atoms with van der Waals surface area (Å²) in [6, 6.07) is 14.0. The van der Waals surface area contributed by atoms with Crippen molar-refractivity contribution in [1.82, 2.24) is 25.0 Å². The Balaban J connectivity index is 1.48. The molecule has 27 heavy (non-hydrogen) atoms. The third-order valence-electron chi connectivity index (χ3n) is 4.73. The fourth-order valence-electron chi connectivity index (χ4n) is 3.16. The Morgan fingerprint density at radius 2 is 2.07 bits per heavy atom. The molecule has 1 aliphatic carbocycles. The van der Waals surface area contributed by atoms with Crippen LogP contribution >= 0.6 is 0 Å². The first-order chi connectivity index (χ1) is 13.3. The van der Waals surface area contributed by atoms with Gasteiger partial charge in [-0.05, 0) is 30.5 Å². The van der Waals surface area contributed by atoms with Crippen LogP contribution < -0.4 is 5.32 Å². The summed E-state index contributed by atoms with van der Waals surface area (Å²) in [6.07, 6.45) is 5.66. The lowest BCUT2D eigenvalue weighted by molar-refractivity contribution is -0.117. The van der Waals surface area contributed by atoms with Crippen molar-refractivity contribution in [3.8, 4) is 11.3 Å². The average molecular weight is 358 g/mol. The number of amides is 1. The second-order valence-corrected chi connectivity index (χ2v) is 6.85. The van der Waals surface area contributed by atoms with Crippen LogP contribution in [-0.2, 0) is 11.3 Å². The van der Waals surface area contributed by atoms with Crippen molar-refractivity contribution in [3.63, 3.8) is 0 Å². The largest absolute Gasteiger partial charge is 0.346 e. The number of anilines is 1. The van der Waals surface area contributed by atoms with Crippen molar-refractivity contribution in [2.24, 2.45) is 5.92 Å². The Kier molecular flexibility index (Phi) is 3.71. The fraction of sp³-hybridized carbons (Fsp3) is 0.200. The molecule has 7 nitrogen and oxygen atoms in total. The molecule has 1 aromatic carbocycles. The topological polar surface area (TPSA) is 88.5 Å². The minimum atomic E-state index is 0.0343. The van der Waals surface area contributed by atoms with E-state index in [1.165, 1.54) is 0 Å². The standard InChI is InChI=1S/C20H18N6O/c27-20(14-6-7-14)23-18-10-16(15-8-9-21-19(15)22-18)17-12-26(25-24-17)11-13-4-2-1-3-5-13/h1-5,8-10,12,14H,6-7,11H2,(H2,21,22,23,27). The lowest BCUT2D eigenvalue weighted by Crippen LogP contribution is -2.14. The number of aromatic amines is 1. The molecule has 4 aromatic rings. The number of hydrogen-bond acceptors (Lipinski definition) is 4. The zero-order chi connectivity index (χ0) is 18.2. The van der Waals surface area contributed by atoms with Crippen LogP contribution in [0.4, 0.5) is 5.82 Å². The van der Waals surface area contributed by atoms with Crippen molar-refractivity contribution in [3.05, 3.63) is 60.4 Å². The number of pyridine rings is 1. The van der Waals surface area contributed by atoms with Gasteiger partial charge in [-0.25, -0.2) is 9.67 Å². The van der Waals surface area contributed by atoms with Crippen LogP contribution in [0.25, 0.3) is 22.3 Å². The van der Waals surface area contributed by atoms with Crippen LogP contribution in [0, 0.1) is 5.92 Å². The third kappa shape index (κ3) is 3.19. The highest BCUT2D eigenvalue weighted by atomic mass is 16.2. The number of carbonyl (C=O) groups is 1. The van der Waals surface area contributed by atoms with E-state index in [9.17, 15) is 4.79 Å². The summed E-state index contributed by atoms with van der Waals surface area (Å²) in [5.41, 5.74) is 3.52. The summed E-state index contributed by atoms with van der Waals surface area (Å²) in [5.74, 6) is 0.697. The van der Waals surface area contributed by atoms with Gasteiger partial charge in [-0.1, -0.05) is 35.5 Å². The maximum absolute atomic E-state index is 12.1. The molecule has 1 saturated carbocycles. The van der Waals surface area contributed by atoms with Crippen LogP contribution in [0.15, 0.2) is 54.9 Å². The summed E-state index contributed by atoms with van der Waals surface area (Å²) in [6.45, 7) is 0.653. The summed E-state index contributed by atoms with van der Waals surface area (Å²) < 4.78 is 1.81. The summed E-state index contributed by atoms with van der Waals surface area (Å²) in [4.78, 5) is 19.7. The van der Waals surface area contributed by atoms with Crippen LogP contribution in [0.5, 0.6) is 0 Å². The smallest absolute Gasteiger partial charge is 0.228 e. The predicted octanol–water partition coefficient (Wildman–Crippen LogP) is 3.22. The number of hydrogen-bond donors (Lipinski definition) is 2. The van der Waals surface area contributed by atoms with Crippen LogP contribution in [0.1, 0.15) is 18.4 Å². The molecule has 0 atom stereocenters. The van der Waals surface area contributed by atoms with E-state index in [1.54, 1.807) is 0 Å². The lowest BCUT2D eigenvalue weighted by atomic mass is 10.1. The van der Waals surface area contributed by atoms with Gasteiger partial charge in [0.25, 0.3) is 0 Å². The highest BCUT2D eigenvalue weighted by molar-refractivity contribution is 5.98. The van der Waals surface area contributed by atoms with Crippen molar-refractivity contribution in [2.75, 3.05) is 5.32 Å². The molecular weight excluding hydrogens is 340 g/mol. The first kappa shape index (κ1) is 15.7. The molecule has 0 unspecified atom stereocenters. The summed E-state index contributed by atoms with van der Waals surface area (Å²) >= 11 is 0. The highest BCUT2D eigenvalue weighted by Crippen LogP contribution is 2.32. The van der Waals surface area contributed by atoms with E-state index in [4.69, 9.17) is 0 Å². The molecule has 0 bridgehead atoms. The number of aromatic nitrogens is 5. The second kappa shape index (κ2) is 6.35. The van der Waals surface area contributed by atoms with Gasteiger partial charge >= 0.3 is 0 Å². The second-order valence-electron chi connectivity index (χ2n) is 6.85. The molecule has 0 aliphatic heterocycles. The van der Waals surface area contributed by atoms with E-state index in [-0.39, 0.29) is 11.8 Å². The van der Waals surface area contributed by atoms with Crippen molar-refractivity contribution in [1.29, 1.82) is 0 Å². The molecule has 0 spiro atoms. The SMILES string of the molecule is O=C(Nc1cc(-c2cn(Cc3ccccc3)nn2)c2cc[nH]c2n1)C1CC1. The number of benzene rings is 1. The lowest BCUT2D eigenvalue weighted by Gasteiger charge is -2.06. The zero-order valence-corrected chi connectivity index (χ0v) is 14.6. The number of nitrogens with zero attached hydrogens (tertiary/aromatic N) is 4. The molecule has 1 fully saturated rings. The number of fused-ring (bicyclic) bond motifs is 1. The first-order valence-corrected chi connectivity index (χ1v) is 9.00. The van der Waals surface area contributed by atoms with Crippen LogP contribution in [0.2, 0.25) is 0 Å².